The number of nitrogens with zero attached hydrogens (tertiary/aromatic N) is 2. The third-order valence-electron chi connectivity index (χ3n) is 3.74. The minimum Gasteiger partial charge on any atom is -0.388 e. The minimum absolute atomic E-state index is 0.345. The molecule has 1 atom stereocenters. The molecule has 0 spiro atoms. The lowest BCUT2D eigenvalue weighted by molar-refractivity contribution is 0.174. The minimum atomic E-state index is -0.345. The predicted octanol–water partition coefficient (Wildman–Crippen LogP) is 2.27. The maximum absolute atomic E-state index is 10.1. The Morgan fingerprint density at radius 3 is 2.72 bits per heavy atom. The van der Waals surface area contributed by atoms with Crippen LogP contribution in [0.1, 0.15) is 31.4 Å². The number of aliphatic hydroxyl groups is 1. The van der Waals surface area contributed by atoms with Crippen molar-refractivity contribution in [1.29, 1.82) is 0 Å². The number of benzene rings is 1. The van der Waals surface area contributed by atoms with Gasteiger partial charge in [0.05, 0.1) is 6.10 Å². The first kappa shape index (κ1) is 13.4. The number of likely N-dealkylation sites (N-methyl/N-ethyl adjacent to an activating group) is 1. The number of anilines is 1. The van der Waals surface area contributed by atoms with Crippen molar-refractivity contribution < 1.29 is 5.11 Å². The van der Waals surface area contributed by atoms with Crippen LogP contribution in [0.5, 0.6) is 0 Å². The summed E-state index contributed by atoms with van der Waals surface area (Å²) < 4.78 is 0. The van der Waals surface area contributed by atoms with Crippen molar-refractivity contribution in [3.8, 4) is 0 Å². The molecule has 0 saturated carbocycles. The summed E-state index contributed by atoms with van der Waals surface area (Å²) in [6.07, 6.45) is 1.61. The Hall–Kier alpha value is -1.06. The van der Waals surface area contributed by atoms with Gasteiger partial charge in [0.25, 0.3) is 0 Å². The van der Waals surface area contributed by atoms with E-state index in [2.05, 4.69) is 35.0 Å². The molecule has 1 N–H and O–H groups in total. The zero-order valence-corrected chi connectivity index (χ0v) is 11.5. The molecular formula is C15H24N2O. The monoisotopic (exact) mass is 248 g/mol. The molecule has 0 radical (unpaired) electrons. The molecule has 1 saturated heterocycles. The Balaban J connectivity index is 2.21. The fourth-order valence-corrected chi connectivity index (χ4v) is 2.56. The molecule has 1 fully saturated rings. The van der Waals surface area contributed by atoms with Crippen LogP contribution in [0.15, 0.2) is 24.3 Å². The molecule has 1 aromatic carbocycles. The molecule has 0 aliphatic carbocycles. The maximum atomic E-state index is 10.1. The first-order valence-electron chi connectivity index (χ1n) is 6.93. The van der Waals surface area contributed by atoms with Crippen molar-refractivity contribution in [1.82, 2.24) is 4.90 Å². The van der Waals surface area contributed by atoms with E-state index in [4.69, 9.17) is 0 Å². The van der Waals surface area contributed by atoms with E-state index < -0.39 is 0 Å². The largest absolute Gasteiger partial charge is 0.388 e. The van der Waals surface area contributed by atoms with Crippen molar-refractivity contribution in [3.05, 3.63) is 29.8 Å². The molecular weight excluding hydrogens is 224 g/mol. The number of para-hydroxylation sites is 1. The number of rotatable bonds is 3. The lowest BCUT2D eigenvalue weighted by atomic mass is 10.0. The SMILES string of the molecule is CC[C@H](O)c1ccccc1N1CCCN(C)CC1. The molecule has 0 unspecified atom stereocenters. The first-order valence-corrected chi connectivity index (χ1v) is 6.93. The third kappa shape index (κ3) is 3.03. The number of aliphatic hydroxyl groups excluding tert-OH is 1. The molecule has 1 aliphatic rings. The van der Waals surface area contributed by atoms with Crippen LogP contribution in [0.25, 0.3) is 0 Å². The van der Waals surface area contributed by atoms with E-state index >= 15 is 0 Å². The van der Waals surface area contributed by atoms with E-state index in [9.17, 15) is 5.11 Å². The molecule has 0 aromatic heterocycles. The fourth-order valence-electron chi connectivity index (χ4n) is 2.56. The molecule has 3 nitrogen and oxygen atoms in total. The van der Waals surface area contributed by atoms with Gasteiger partial charge in [0.1, 0.15) is 0 Å². The van der Waals surface area contributed by atoms with Crippen molar-refractivity contribution in [2.75, 3.05) is 38.1 Å². The van der Waals surface area contributed by atoms with Crippen LogP contribution in [-0.4, -0.2) is 43.2 Å². The Labute approximate surface area is 110 Å². The third-order valence-corrected chi connectivity index (χ3v) is 3.74. The van der Waals surface area contributed by atoms with Gasteiger partial charge >= 0.3 is 0 Å². The predicted molar refractivity (Wildman–Crippen MR) is 76.0 cm³/mol. The van der Waals surface area contributed by atoms with Gasteiger partial charge in [-0.15, -0.1) is 0 Å². The van der Waals surface area contributed by atoms with Gasteiger partial charge in [0.2, 0.25) is 0 Å². The summed E-state index contributed by atoms with van der Waals surface area (Å²) in [5.41, 5.74) is 2.28. The Bertz CT molecular complexity index is 381. The summed E-state index contributed by atoms with van der Waals surface area (Å²) in [6, 6.07) is 8.27. The highest BCUT2D eigenvalue weighted by molar-refractivity contribution is 5.54. The van der Waals surface area contributed by atoms with Gasteiger partial charge in [-0.1, -0.05) is 25.1 Å². The van der Waals surface area contributed by atoms with Crippen molar-refractivity contribution in [2.45, 2.75) is 25.9 Å². The molecule has 1 aliphatic heterocycles. The van der Waals surface area contributed by atoms with Gasteiger partial charge in [-0.2, -0.15) is 0 Å². The van der Waals surface area contributed by atoms with Gasteiger partial charge in [0, 0.05) is 30.9 Å². The van der Waals surface area contributed by atoms with Crippen LogP contribution >= 0.6 is 0 Å². The topological polar surface area (TPSA) is 26.7 Å². The maximum Gasteiger partial charge on any atom is 0.0807 e. The van der Waals surface area contributed by atoms with Crippen LogP contribution in [-0.2, 0) is 0 Å². The average Bonchev–Trinajstić information content (AvgIpc) is 2.62. The number of hydrogen-bond acceptors (Lipinski definition) is 3. The zero-order valence-electron chi connectivity index (χ0n) is 11.5. The second kappa shape index (κ2) is 6.21. The highest BCUT2D eigenvalue weighted by Crippen LogP contribution is 2.28. The molecule has 100 valence electrons. The lowest BCUT2D eigenvalue weighted by Crippen LogP contribution is -2.29. The Kier molecular flexibility index (Phi) is 4.61. The summed E-state index contributed by atoms with van der Waals surface area (Å²) in [5.74, 6) is 0. The second-order valence-electron chi connectivity index (χ2n) is 5.13. The summed E-state index contributed by atoms with van der Waals surface area (Å²) in [6.45, 7) is 6.41. The quantitative estimate of drug-likeness (QED) is 0.889. The molecule has 0 amide bonds. The van der Waals surface area contributed by atoms with Crippen molar-refractivity contribution >= 4 is 5.69 Å². The van der Waals surface area contributed by atoms with Gasteiger partial charge in [-0.3, -0.25) is 0 Å². The van der Waals surface area contributed by atoms with E-state index in [-0.39, 0.29) is 6.10 Å². The van der Waals surface area contributed by atoms with E-state index in [0.717, 1.165) is 38.2 Å². The van der Waals surface area contributed by atoms with Crippen molar-refractivity contribution in [3.63, 3.8) is 0 Å². The van der Waals surface area contributed by atoms with Crippen LogP contribution < -0.4 is 4.90 Å². The number of hydrogen-bond donors (Lipinski definition) is 1. The van der Waals surface area contributed by atoms with Crippen LogP contribution in [0.2, 0.25) is 0 Å². The molecule has 1 aromatic rings. The van der Waals surface area contributed by atoms with Crippen LogP contribution in [0.4, 0.5) is 5.69 Å². The molecule has 2 rings (SSSR count). The highest BCUT2D eigenvalue weighted by atomic mass is 16.3. The summed E-state index contributed by atoms with van der Waals surface area (Å²) in [7, 11) is 2.18. The first-order chi connectivity index (χ1) is 8.72. The molecule has 0 bridgehead atoms. The Morgan fingerprint density at radius 2 is 1.94 bits per heavy atom. The molecule has 3 heteroatoms. The summed E-state index contributed by atoms with van der Waals surface area (Å²) in [5, 5.41) is 10.1. The van der Waals surface area contributed by atoms with E-state index in [0.29, 0.717) is 0 Å². The van der Waals surface area contributed by atoms with Crippen molar-refractivity contribution in [2.24, 2.45) is 0 Å². The smallest absolute Gasteiger partial charge is 0.0807 e. The normalized spacial score (nSPS) is 19.6. The summed E-state index contributed by atoms with van der Waals surface area (Å²) in [4.78, 5) is 4.79. The van der Waals surface area contributed by atoms with Gasteiger partial charge in [-0.05, 0) is 32.5 Å². The standard InChI is InChI=1S/C15H24N2O/c1-3-15(18)13-7-4-5-8-14(13)17-10-6-9-16(2)11-12-17/h4-5,7-8,15,18H,3,6,9-12H2,1-2H3/t15-/m0/s1. The van der Waals surface area contributed by atoms with E-state index in [1.54, 1.807) is 0 Å². The second-order valence-corrected chi connectivity index (χ2v) is 5.13. The molecule has 1 heterocycles. The average molecular weight is 248 g/mol. The van der Waals surface area contributed by atoms with Gasteiger partial charge < -0.3 is 14.9 Å². The zero-order chi connectivity index (χ0) is 13.0. The van der Waals surface area contributed by atoms with E-state index in [1.807, 2.05) is 13.0 Å². The molecule has 18 heavy (non-hydrogen) atoms. The van der Waals surface area contributed by atoms with Crippen LogP contribution in [0.3, 0.4) is 0 Å². The highest BCUT2D eigenvalue weighted by Gasteiger charge is 2.17. The summed E-state index contributed by atoms with van der Waals surface area (Å²) >= 11 is 0. The fraction of sp³-hybridized carbons (Fsp3) is 0.600. The Morgan fingerprint density at radius 1 is 1.17 bits per heavy atom. The van der Waals surface area contributed by atoms with Crippen LogP contribution in [0, 0.1) is 0 Å². The van der Waals surface area contributed by atoms with E-state index in [1.165, 1.54) is 12.1 Å². The van der Waals surface area contributed by atoms with Gasteiger partial charge in [0.15, 0.2) is 0 Å². The lowest BCUT2D eigenvalue weighted by Gasteiger charge is -2.27. The van der Waals surface area contributed by atoms with Gasteiger partial charge in [-0.25, -0.2) is 0 Å².